The predicted molar refractivity (Wildman–Crippen MR) is 182 cm³/mol. The molecule has 0 fully saturated rings. The van der Waals surface area contributed by atoms with E-state index < -0.39 is 11.9 Å². The van der Waals surface area contributed by atoms with E-state index in [1.54, 1.807) is 17.0 Å². The molecule has 0 bridgehead atoms. The molecule has 1 atom stereocenters. The summed E-state index contributed by atoms with van der Waals surface area (Å²) in [5.41, 5.74) is 5.60. The van der Waals surface area contributed by atoms with Gasteiger partial charge in [-0.15, -0.1) is 0 Å². The molecule has 0 spiro atoms. The van der Waals surface area contributed by atoms with Crippen molar-refractivity contribution in [2.24, 2.45) is 0 Å². The third kappa shape index (κ3) is 8.28. The highest BCUT2D eigenvalue weighted by atomic mass is 32.2. The number of nitrogens with one attached hydrogen (secondary N) is 1. The van der Waals surface area contributed by atoms with Gasteiger partial charge in [-0.05, 0) is 79.9 Å². The van der Waals surface area contributed by atoms with Gasteiger partial charge in [0.15, 0.2) is 16.7 Å². The molecular weight excluding hydrogens is 602 g/mol. The maximum Gasteiger partial charge on any atom is 0.251 e. The van der Waals surface area contributed by atoms with Gasteiger partial charge in [0.05, 0.1) is 27.1 Å². The van der Waals surface area contributed by atoms with Crippen LogP contribution in [-0.4, -0.2) is 67.9 Å². The van der Waals surface area contributed by atoms with E-state index in [9.17, 15) is 9.59 Å². The average Bonchev–Trinajstić information content (AvgIpc) is 3.03. The molecule has 0 saturated carbocycles. The fourth-order valence-electron chi connectivity index (χ4n) is 5.05. The van der Waals surface area contributed by atoms with E-state index in [1.165, 1.54) is 33.1 Å². The fraction of sp³-hybridized carbons (Fsp3) is 0.314. The number of hydrogen-bond donors (Lipinski definition) is 1. The highest BCUT2D eigenvalue weighted by molar-refractivity contribution is 7.99. The number of carbonyl (C=O) groups is 2. The Labute approximate surface area is 275 Å². The first-order valence-electron chi connectivity index (χ1n) is 14.7. The Hall–Kier alpha value is -4.77. The Morgan fingerprint density at radius 3 is 2.00 bits per heavy atom. The van der Waals surface area contributed by atoms with Gasteiger partial charge in [0, 0.05) is 43.4 Å². The molecule has 2 amide bonds. The topological polar surface area (TPSA) is 106 Å². The van der Waals surface area contributed by atoms with Gasteiger partial charge < -0.3 is 29.3 Å². The maximum absolute atomic E-state index is 14.4. The summed E-state index contributed by atoms with van der Waals surface area (Å²) in [6, 6.07) is 19.5. The lowest BCUT2D eigenvalue weighted by Crippen LogP contribution is -2.42. The third-order valence-electron chi connectivity index (χ3n) is 7.42. The van der Waals surface area contributed by atoms with Crippen LogP contribution in [0.3, 0.4) is 0 Å². The Balaban J connectivity index is 1.82. The van der Waals surface area contributed by atoms with E-state index >= 15 is 0 Å². The molecule has 4 rings (SSSR count). The van der Waals surface area contributed by atoms with Crippen molar-refractivity contribution in [1.82, 2.24) is 14.9 Å². The molecule has 0 saturated heterocycles. The zero-order valence-electron chi connectivity index (χ0n) is 27.6. The van der Waals surface area contributed by atoms with E-state index in [0.717, 1.165) is 28.2 Å². The van der Waals surface area contributed by atoms with Crippen molar-refractivity contribution in [1.29, 1.82) is 0 Å². The number of anilines is 2. The summed E-state index contributed by atoms with van der Waals surface area (Å²) in [4.78, 5) is 41.3. The number of methoxy groups -OCH3 is 3. The van der Waals surface area contributed by atoms with Crippen LogP contribution in [0.2, 0.25) is 0 Å². The highest BCUT2D eigenvalue weighted by Gasteiger charge is 2.34. The molecule has 10 nitrogen and oxygen atoms in total. The van der Waals surface area contributed by atoms with Crippen molar-refractivity contribution in [3.05, 3.63) is 94.8 Å². The van der Waals surface area contributed by atoms with E-state index in [-0.39, 0.29) is 18.2 Å². The quantitative estimate of drug-likeness (QED) is 0.139. The Morgan fingerprint density at radius 2 is 1.46 bits per heavy atom. The molecule has 0 unspecified atom stereocenters. The number of nitrogens with zero attached hydrogens (tertiary/aromatic N) is 4. The van der Waals surface area contributed by atoms with Gasteiger partial charge >= 0.3 is 0 Å². The molecule has 11 heteroatoms. The molecular formula is C35H41N5O5S. The van der Waals surface area contributed by atoms with Crippen molar-refractivity contribution in [3.63, 3.8) is 0 Å². The van der Waals surface area contributed by atoms with E-state index in [0.29, 0.717) is 33.7 Å². The first-order valence-corrected chi connectivity index (χ1v) is 15.7. The van der Waals surface area contributed by atoms with E-state index in [4.69, 9.17) is 14.2 Å². The lowest BCUT2D eigenvalue weighted by atomic mass is 10.0. The number of benzene rings is 3. The molecule has 1 aromatic heterocycles. The maximum atomic E-state index is 14.4. The monoisotopic (exact) mass is 643 g/mol. The van der Waals surface area contributed by atoms with Crippen LogP contribution < -0.4 is 24.4 Å². The summed E-state index contributed by atoms with van der Waals surface area (Å²) in [5.74, 6) is 0.457. The minimum Gasteiger partial charge on any atom is -0.493 e. The lowest BCUT2D eigenvalue weighted by molar-refractivity contribution is -0.137. The number of aryl methyl sites for hydroxylation is 3. The van der Waals surface area contributed by atoms with Crippen molar-refractivity contribution < 1.29 is 23.8 Å². The molecule has 3 aromatic carbocycles. The van der Waals surface area contributed by atoms with E-state index in [2.05, 4.69) is 15.3 Å². The second-order valence-electron chi connectivity index (χ2n) is 11.0. The largest absolute Gasteiger partial charge is 0.493 e. The molecule has 1 heterocycles. The third-order valence-corrected chi connectivity index (χ3v) is 8.25. The van der Waals surface area contributed by atoms with Gasteiger partial charge in [-0.25, -0.2) is 9.97 Å². The summed E-state index contributed by atoms with van der Waals surface area (Å²) >= 11 is 1.23. The highest BCUT2D eigenvalue weighted by Crippen LogP contribution is 2.41. The van der Waals surface area contributed by atoms with E-state index in [1.807, 2.05) is 94.4 Å². The first kappa shape index (κ1) is 34.1. The zero-order chi connectivity index (χ0) is 33.4. The van der Waals surface area contributed by atoms with Crippen LogP contribution in [0, 0.1) is 20.8 Å². The van der Waals surface area contributed by atoms with Crippen LogP contribution >= 0.6 is 11.8 Å². The molecule has 0 aliphatic carbocycles. The number of amides is 2. The normalized spacial score (nSPS) is 11.4. The molecule has 242 valence electrons. The van der Waals surface area contributed by atoms with Crippen LogP contribution in [0.15, 0.2) is 71.9 Å². The molecule has 4 aromatic rings. The second-order valence-corrected chi connectivity index (χ2v) is 11.9. The van der Waals surface area contributed by atoms with Gasteiger partial charge in [0.2, 0.25) is 11.7 Å². The molecule has 0 radical (unpaired) electrons. The zero-order valence-corrected chi connectivity index (χ0v) is 28.4. The summed E-state index contributed by atoms with van der Waals surface area (Å²) < 4.78 is 16.8. The standard InChI is InChI=1S/C35H41N5O5S/c1-22-11-9-10-12-25(22)20-40(31(41)21-46-35-36-23(2)17-24(3)37-35)32(26-18-29(43-6)33(45-8)30(19-26)44-7)34(42)38-27-13-15-28(16-14-27)39(4)5/h9-19,32H,20-21H2,1-8H3,(H,38,42)/t32-/m1/s1. The Morgan fingerprint density at radius 1 is 0.848 bits per heavy atom. The number of thioether (sulfide) groups is 1. The Kier molecular flexibility index (Phi) is 11.5. The second kappa shape index (κ2) is 15.5. The summed E-state index contributed by atoms with van der Waals surface area (Å²) in [5, 5.41) is 3.54. The van der Waals surface area contributed by atoms with Crippen molar-refractivity contribution in [2.75, 3.05) is 51.4 Å². The van der Waals surface area contributed by atoms with Crippen molar-refractivity contribution >= 4 is 35.0 Å². The molecule has 1 N–H and O–H groups in total. The minimum absolute atomic E-state index is 0.0144. The number of aromatic nitrogens is 2. The number of carbonyl (C=O) groups excluding carboxylic acids is 2. The summed E-state index contributed by atoms with van der Waals surface area (Å²) in [6.45, 7) is 5.94. The lowest BCUT2D eigenvalue weighted by Gasteiger charge is -2.32. The van der Waals surface area contributed by atoms with Crippen LogP contribution in [0.4, 0.5) is 11.4 Å². The van der Waals surface area contributed by atoms with Gasteiger partial charge in [0.25, 0.3) is 5.91 Å². The van der Waals surface area contributed by atoms with Crippen LogP contribution in [0.25, 0.3) is 0 Å². The first-order chi connectivity index (χ1) is 22.0. The van der Waals surface area contributed by atoms with Gasteiger partial charge in [-0.1, -0.05) is 36.0 Å². The van der Waals surface area contributed by atoms with Crippen LogP contribution in [0.1, 0.15) is 34.1 Å². The SMILES string of the molecule is COc1cc([C@H](C(=O)Nc2ccc(N(C)C)cc2)N(Cc2ccccc2C)C(=O)CSc2nc(C)cc(C)n2)cc(OC)c1OC. The van der Waals surface area contributed by atoms with Gasteiger partial charge in [-0.3, -0.25) is 9.59 Å². The molecule has 0 aliphatic heterocycles. The van der Waals surface area contributed by atoms with Crippen molar-refractivity contribution in [3.8, 4) is 17.2 Å². The average molecular weight is 644 g/mol. The number of ether oxygens (including phenoxy) is 3. The molecule has 0 aliphatic rings. The minimum atomic E-state index is -1.07. The van der Waals surface area contributed by atoms with Gasteiger partial charge in [0.1, 0.15) is 6.04 Å². The smallest absolute Gasteiger partial charge is 0.251 e. The van der Waals surface area contributed by atoms with Gasteiger partial charge in [-0.2, -0.15) is 0 Å². The van der Waals surface area contributed by atoms with Crippen molar-refractivity contribution in [2.45, 2.75) is 38.5 Å². The van der Waals surface area contributed by atoms with Crippen LogP contribution in [0.5, 0.6) is 17.2 Å². The number of hydrogen-bond acceptors (Lipinski definition) is 9. The molecule has 46 heavy (non-hydrogen) atoms. The summed E-state index contributed by atoms with van der Waals surface area (Å²) in [6.07, 6.45) is 0. The predicted octanol–water partition coefficient (Wildman–Crippen LogP) is 5.99. The van der Waals surface area contributed by atoms with Crippen LogP contribution in [-0.2, 0) is 16.1 Å². The Bertz CT molecular complexity index is 1630. The fourth-order valence-corrected chi connectivity index (χ4v) is 5.88. The number of rotatable bonds is 13. The summed E-state index contributed by atoms with van der Waals surface area (Å²) in [7, 11) is 8.44.